The van der Waals surface area contributed by atoms with Crippen molar-refractivity contribution >= 4 is 18.3 Å². The molecule has 1 saturated carbocycles. The SMILES string of the molecule is COc1cccc(CN(C)C(=O)C2CC3CCCCC3N2)c1.Cl. The van der Waals surface area contributed by atoms with Crippen molar-refractivity contribution in [1.29, 1.82) is 0 Å². The Bertz CT molecular complexity index is 524. The lowest BCUT2D eigenvalue weighted by Crippen LogP contribution is -2.43. The number of hydrogen-bond acceptors (Lipinski definition) is 3. The molecule has 3 unspecified atom stereocenters. The largest absolute Gasteiger partial charge is 0.497 e. The second kappa shape index (κ2) is 8.02. The highest BCUT2D eigenvalue weighted by atomic mass is 35.5. The summed E-state index contributed by atoms with van der Waals surface area (Å²) in [5.74, 6) is 1.76. The lowest BCUT2D eigenvalue weighted by molar-refractivity contribution is -0.132. The molecule has 1 amide bonds. The van der Waals surface area contributed by atoms with E-state index in [-0.39, 0.29) is 24.4 Å². The van der Waals surface area contributed by atoms with Gasteiger partial charge in [-0.3, -0.25) is 4.79 Å². The van der Waals surface area contributed by atoms with E-state index in [1.807, 2.05) is 36.2 Å². The summed E-state index contributed by atoms with van der Waals surface area (Å²) in [6.45, 7) is 0.629. The van der Waals surface area contributed by atoms with Crippen molar-refractivity contribution in [3.05, 3.63) is 29.8 Å². The Kier molecular flexibility index (Phi) is 6.31. The number of rotatable bonds is 4. The third kappa shape index (κ3) is 4.18. The van der Waals surface area contributed by atoms with Gasteiger partial charge < -0.3 is 15.0 Å². The number of halogens is 1. The molecule has 4 nitrogen and oxygen atoms in total. The number of fused-ring (bicyclic) bond motifs is 1. The smallest absolute Gasteiger partial charge is 0.239 e. The van der Waals surface area contributed by atoms with Crippen LogP contribution in [-0.4, -0.2) is 37.0 Å². The number of nitrogens with one attached hydrogen (secondary N) is 1. The van der Waals surface area contributed by atoms with Gasteiger partial charge in [-0.05, 0) is 42.9 Å². The standard InChI is InChI=1S/C18H26N2O2.ClH/c1-20(12-13-6-5-8-15(10-13)22-2)18(21)17-11-14-7-3-4-9-16(14)19-17;/h5-6,8,10,14,16-17,19H,3-4,7,9,11-12H2,1-2H3;1H. The number of amides is 1. The fourth-order valence-electron chi connectivity index (χ4n) is 3.90. The highest BCUT2D eigenvalue weighted by Gasteiger charge is 2.39. The van der Waals surface area contributed by atoms with Gasteiger partial charge in [-0.2, -0.15) is 0 Å². The molecule has 5 heteroatoms. The van der Waals surface area contributed by atoms with E-state index in [2.05, 4.69) is 5.32 Å². The van der Waals surface area contributed by atoms with Crippen LogP contribution in [0.4, 0.5) is 0 Å². The van der Waals surface area contributed by atoms with Crippen molar-refractivity contribution in [2.45, 2.75) is 50.7 Å². The number of methoxy groups -OCH3 is 1. The molecule has 2 aliphatic rings. The molecule has 2 fully saturated rings. The van der Waals surface area contributed by atoms with E-state index in [1.165, 1.54) is 25.7 Å². The summed E-state index contributed by atoms with van der Waals surface area (Å²) < 4.78 is 5.25. The Labute approximate surface area is 145 Å². The lowest BCUT2D eigenvalue weighted by Gasteiger charge is -2.24. The van der Waals surface area contributed by atoms with Gasteiger partial charge in [0.2, 0.25) is 5.91 Å². The molecule has 1 aliphatic carbocycles. The van der Waals surface area contributed by atoms with E-state index in [0.29, 0.717) is 18.5 Å². The molecule has 1 aliphatic heterocycles. The predicted molar refractivity (Wildman–Crippen MR) is 94.0 cm³/mol. The zero-order valence-electron chi connectivity index (χ0n) is 14.0. The highest BCUT2D eigenvalue weighted by molar-refractivity contribution is 5.85. The summed E-state index contributed by atoms with van der Waals surface area (Å²) in [4.78, 5) is 14.5. The van der Waals surface area contributed by atoms with E-state index in [0.717, 1.165) is 17.7 Å². The Hall–Kier alpha value is -1.26. The zero-order chi connectivity index (χ0) is 15.5. The van der Waals surface area contributed by atoms with Gasteiger partial charge in [-0.15, -0.1) is 12.4 Å². The van der Waals surface area contributed by atoms with Crippen molar-refractivity contribution < 1.29 is 9.53 Å². The first kappa shape index (κ1) is 18.1. The highest BCUT2D eigenvalue weighted by Crippen LogP contribution is 2.33. The topological polar surface area (TPSA) is 41.6 Å². The average Bonchev–Trinajstić information content (AvgIpc) is 2.98. The average molecular weight is 339 g/mol. The van der Waals surface area contributed by atoms with Crippen molar-refractivity contribution in [2.75, 3.05) is 14.2 Å². The third-order valence-corrected chi connectivity index (χ3v) is 5.09. The van der Waals surface area contributed by atoms with Crippen molar-refractivity contribution in [2.24, 2.45) is 5.92 Å². The van der Waals surface area contributed by atoms with E-state index < -0.39 is 0 Å². The van der Waals surface area contributed by atoms with Crippen molar-refractivity contribution in [3.8, 4) is 5.75 Å². The van der Waals surface area contributed by atoms with Gasteiger partial charge in [-0.25, -0.2) is 0 Å². The normalized spacial score (nSPS) is 26.1. The minimum Gasteiger partial charge on any atom is -0.497 e. The van der Waals surface area contributed by atoms with E-state index in [1.54, 1.807) is 7.11 Å². The molecule has 0 radical (unpaired) electrons. The Balaban J connectivity index is 0.00000192. The van der Waals surface area contributed by atoms with Crippen LogP contribution in [0.2, 0.25) is 0 Å². The number of benzene rings is 1. The van der Waals surface area contributed by atoms with Gasteiger partial charge in [0, 0.05) is 19.6 Å². The molecule has 1 aromatic carbocycles. The monoisotopic (exact) mass is 338 g/mol. The summed E-state index contributed by atoms with van der Waals surface area (Å²) in [5, 5.41) is 3.57. The lowest BCUT2D eigenvalue weighted by atomic mass is 9.85. The summed E-state index contributed by atoms with van der Waals surface area (Å²) in [6, 6.07) is 8.49. The Morgan fingerprint density at radius 3 is 2.87 bits per heavy atom. The first-order valence-corrected chi connectivity index (χ1v) is 8.31. The summed E-state index contributed by atoms with van der Waals surface area (Å²) in [7, 11) is 3.56. The zero-order valence-corrected chi connectivity index (χ0v) is 14.8. The maximum Gasteiger partial charge on any atom is 0.239 e. The fourth-order valence-corrected chi connectivity index (χ4v) is 3.90. The molecule has 3 rings (SSSR count). The van der Waals surface area contributed by atoms with Crippen LogP contribution in [0.5, 0.6) is 5.75 Å². The number of likely N-dealkylation sites (N-methyl/N-ethyl adjacent to an activating group) is 1. The van der Waals surface area contributed by atoms with Crippen molar-refractivity contribution in [3.63, 3.8) is 0 Å². The van der Waals surface area contributed by atoms with Gasteiger partial charge in [0.15, 0.2) is 0 Å². The van der Waals surface area contributed by atoms with Gasteiger partial charge in [0.25, 0.3) is 0 Å². The quantitative estimate of drug-likeness (QED) is 0.917. The minimum atomic E-state index is 0. The summed E-state index contributed by atoms with van der Waals surface area (Å²) >= 11 is 0. The van der Waals surface area contributed by atoms with Crippen LogP contribution in [-0.2, 0) is 11.3 Å². The van der Waals surface area contributed by atoms with Gasteiger partial charge >= 0.3 is 0 Å². The number of ether oxygens (including phenoxy) is 1. The number of nitrogens with zero attached hydrogens (tertiary/aromatic N) is 1. The molecule has 128 valence electrons. The van der Waals surface area contributed by atoms with Crippen molar-refractivity contribution in [1.82, 2.24) is 10.2 Å². The van der Waals surface area contributed by atoms with Crippen LogP contribution in [0.3, 0.4) is 0 Å². The predicted octanol–water partition coefficient (Wildman–Crippen LogP) is 3.00. The minimum absolute atomic E-state index is 0. The van der Waals surface area contributed by atoms with E-state index >= 15 is 0 Å². The molecular weight excluding hydrogens is 312 g/mol. The van der Waals surface area contributed by atoms with Crippen LogP contribution in [0, 0.1) is 5.92 Å². The number of carbonyl (C=O) groups excluding carboxylic acids is 1. The first-order chi connectivity index (χ1) is 10.7. The van der Waals surface area contributed by atoms with Crippen LogP contribution in [0.1, 0.15) is 37.7 Å². The molecule has 1 aromatic rings. The van der Waals surface area contributed by atoms with E-state index in [9.17, 15) is 4.79 Å². The van der Waals surface area contributed by atoms with Crippen LogP contribution in [0.25, 0.3) is 0 Å². The molecule has 0 bridgehead atoms. The van der Waals surface area contributed by atoms with Gasteiger partial charge in [0.05, 0.1) is 13.2 Å². The number of hydrogen-bond donors (Lipinski definition) is 1. The molecule has 3 atom stereocenters. The molecule has 1 heterocycles. The molecule has 1 saturated heterocycles. The number of carbonyl (C=O) groups is 1. The Morgan fingerprint density at radius 2 is 2.13 bits per heavy atom. The first-order valence-electron chi connectivity index (χ1n) is 8.31. The summed E-state index contributed by atoms with van der Waals surface area (Å²) in [5.41, 5.74) is 1.10. The van der Waals surface area contributed by atoms with Crippen LogP contribution < -0.4 is 10.1 Å². The van der Waals surface area contributed by atoms with Crippen LogP contribution in [0.15, 0.2) is 24.3 Å². The summed E-state index contributed by atoms with van der Waals surface area (Å²) in [6.07, 6.45) is 6.14. The molecule has 23 heavy (non-hydrogen) atoms. The van der Waals surface area contributed by atoms with Gasteiger partial charge in [0.1, 0.15) is 5.75 Å². The third-order valence-electron chi connectivity index (χ3n) is 5.09. The van der Waals surface area contributed by atoms with Gasteiger partial charge in [-0.1, -0.05) is 25.0 Å². The Morgan fingerprint density at radius 1 is 1.35 bits per heavy atom. The second-order valence-corrected chi connectivity index (χ2v) is 6.65. The van der Waals surface area contributed by atoms with E-state index in [4.69, 9.17) is 4.74 Å². The maximum atomic E-state index is 12.7. The molecule has 0 spiro atoms. The maximum absolute atomic E-state index is 12.7. The molecule has 0 aromatic heterocycles. The molecule has 1 N–H and O–H groups in total. The van der Waals surface area contributed by atoms with Crippen LogP contribution >= 0.6 is 12.4 Å². The molecular formula is C18H27ClN2O2. The fraction of sp³-hybridized carbons (Fsp3) is 0.611. The second-order valence-electron chi connectivity index (χ2n) is 6.65.